The molecule has 0 aliphatic carbocycles. The lowest BCUT2D eigenvalue weighted by atomic mass is 10.6. The topological polar surface area (TPSA) is 111 Å². The summed E-state index contributed by atoms with van der Waals surface area (Å²) in [5.41, 5.74) is 5.33. The van der Waals surface area contributed by atoms with Crippen LogP contribution in [0, 0.1) is 6.92 Å². The van der Waals surface area contributed by atoms with Crippen LogP contribution in [0.4, 0.5) is 5.13 Å². The molecule has 0 fully saturated rings. The molecule has 92 valence electrons. The number of aromatic nitrogens is 3. The number of hydrogen-bond donors (Lipinski definition) is 2. The third kappa shape index (κ3) is 2.97. The predicted molar refractivity (Wildman–Crippen MR) is 65.2 cm³/mol. The van der Waals surface area contributed by atoms with E-state index < -0.39 is 10.0 Å². The van der Waals surface area contributed by atoms with Crippen molar-refractivity contribution in [2.75, 3.05) is 5.73 Å². The van der Waals surface area contributed by atoms with Gasteiger partial charge in [0.2, 0.25) is 9.47 Å². The molecule has 2 rings (SSSR count). The number of aryl methyl sites for hydroxylation is 1. The van der Waals surface area contributed by atoms with Crippen LogP contribution in [-0.2, 0) is 16.6 Å². The fourth-order valence-corrected chi connectivity index (χ4v) is 3.70. The lowest BCUT2D eigenvalue weighted by Crippen LogP contribution is -2.22. The van der Waals surface area contributed by atoms with Gasteiger partial charge in [-0.3, -0.25) is 0 Å². The average Bonchev–Trinajstić information content (AvgIpc) is 2.85. The first-order valence-electron chi connectivity index (χ1n) is 4.47. The van der Waals surface area contributed by atoms with Crippen LogP contribution >= 0.6 is 22.7 Å². The van der Waals surface area contributed by atoms with Crippen LogP contribution in [-0.4, -0.2) is 23.6 Å². The summed E-state index contributed by atoms with van der Waals surface area (Å²) >= 11 is 2.26. The fourth-order valence-electron chi connectivity index (χ4n) is 1.04. The Morgan fingerprint density at radius 1 is 1.41 bits per heavy atom. The van der Waals surface area contributed by atoms with Gasteiger partial charge in [-0.15, -0.1) is 21.5 Å². The minimum atomic E-state index is -3.63. The minimum absolute atomic E-state index is 0.124. The number of nitrogen functional groups attached to an aromatic ring is 1. The van der Waals surface area contributed by atoms with Crippen LogP contribution in [0.25, 0.3) is 0 Å². The van der Waals surface area contributed by atoms with Gasteiger partial charge in [0.05, 0.1) is 5.01 Å². The van der Waals surface area contributed by atoms with Crippen LogP contribution in [0.3, 0.4) is 0 Å². The minimum Gasteiger partial charge on any atom is -0.374 e. The van der Waals surface area contributed by atoms with Gasteiger partial charge in [-0.1, -0.05) is 11.3 Å². The molecule has 0 atom stereocenters. The summed E-state index contributed by atoms with van der Waals surface area (Å²) in [7, 11) is -3.63. The third-order valence-electron chi connectivity index (χ3n) is 1.76. The van der Waals surface area contributed by atoms with Gasteiger partial charge in [-0.25, -0.2) is 18.1 Å². The molecule has 0 unspecified atom stereocenters. The Morgan fingerprint density at radius 2 is 2.18 bits per heavy atom. The Hall–Kier alpha value is -1.10. The number of thiazole rings is 1. The lowest BCUT2D eigenvalue weighted by Gasteiger charge is -2.00. The standard InChI is InChI=1S/C7H9N5O2S3/c1-4-9-2-5(15-4)3-10-17(13,14)7-12-11-6(8)16-7/h2,10H,3H2,1H3,(H2,8,11). The lowest BCUT2D eigenvalue weighted by molar-refractivity contribution is 0.579. The van der Waals surface area contributed by atoms with E-state index in [1.807, 2.05) is 6.92 Å². The molecule has 0 spiro atoms. The first kappa shape index (κ1) is 12.4. The Bertz CT molecular complexity index is 617. The summed E-state index contributed by atoms with van der Waals surface area (Å²) in [6, 6.07) is 0. The van der Waals surface area contributed by atoms with Crippen molar-refractivity contribution in [1.29, 1.82) is 0 Å². The van der Waals surface area contributed by atoms with Gasteiger partial charge in [0.15, 0.2) is 0 Å². The highest BCUT2D eigenvalue weighted by Gasteiger charge is 2.19. The second kappa shape index (κ2) is 4.64. The summed E-state index contributed by atoms with van der Waals surface area (Å²) in [5.74, 6) is 0. The molecule has 0 bridgehead atoms. The van der Waals surface area contributed by atoms with Gasteiger partial charge >= 0.3 is 0 Å². The zero-order valence-corrected chi connectivity index (χ0v) is 11.2. The molecule has 3 N–H and O–H groups in total. The van der Waals surface area contributed by atoms with Crippen LogP contribution < -0.4 is 10.5 Å². The van der Waals surface area contributed by atoms with Crippen molar-refractivity contribution in [3.05, 3.63) is 16.1 Å². The quantitative estimate of drug-likeness (QED) is 0.841. The third-order valence-corrected chi connectivity index (χ3v) is 5.19. The molecule has 0 saturated heterocycles. The largest absolute Gasteiger partial charge is 0.374 e. The highest BCUT2D eigenvalue weighted by atomic mass is 32.2. The molecule has 2 heterocycles. The van der Waals surface area contributed by atoms with Gasteiger partial charge in [0.25, 0.3) is 10.0 Å². The number of sulfonamides is 1. The molecule has 17 heavy (non-hydrogen) atoms. The first-order valence-corrected chi connectivity index (χ1v) is 7.59. The zero-order valence-electron chi connectivity index (χ0n) is 8.74. The van der Waals surface area contributed by atoms with E-state index in [2.05, 4.69) is 19.9 Å². The SMILES string of the molecule is Cc1ncc(CNS(=O)(=O)c2nnc(N)s2)s1. The molecule has 0 amide bonds. The smallest absolute Gasteiger partial charge is 0.270 e. The Labute approximate surface area is 106 Å². The van der Waals surface area contributed by atoms with Crippen LogP contribution in [0.15, 0.2) is 10.5 Å². The second-order valence-electron chi connectivity index (χ2n) is 3.08. The highest BCUT2D eigenvalue weighted by molar-refractivity contribution is 7.91. The van der Waals surface area contributed by atoms with E-state index in [-0.39, 0.29) is 16.0 Å². The summed E-state index contributed by atoms with van der Waals surface area (Å²) in [6.45, 7) is 2.04. The van der Waals surface area contributed by atoms with Gasteiger partial charge in [0.1, 0.15) is 0 Å². The van der Waals surface area contributed by atoms with Gasteiger partial charge in [-0.2, -0.15) is 0 Å². The molecule has 7 nitrogen and oxygen atoms in total. The maximum Gasteiger partial charge on any atom is 0.270 e. The van der Waals surface area contributed by atoms with Crippen molar-refractivity contribution in [1.82, 2.24) is 19.9 Å². The zero-order chi connectivity index (χ0) is 12.5. The Balaban J connectivity index is 2.08. The normalized spacial score (nSPS) is 11.8. The van der Waals surface area contributed by atoms with E-state index in [4.69, 9.17) is 5.73 Å². The van der Waals surface area contributed by atoms with E-state index in [1.165, 1.54) is 11.3 Å². The van der Waals surface area contributed by atoms with Crippen LogP contribution in [0.2, 0.25) is 0 Å². The van der Waals surface area contributed by atoms with E-state index >= 15 is 0 Å². The molecule has 0 aromatic carbocycles. The molecular weight excluding hydrogens is 282 g/mol. The molecule has 0 aliphatic heterocycles. The average molecular weight is 291 g/mol. The summed E-state index contributed by atoms with van der Waals surface area (Å²) in [5, 5.41) is 7.96. The maximum absolute atomic E-state index is 11.8. The monoisotopic (exact) mass is 291 g/mol. The van der Waals surface area contributed by atoms with E-state index in [9.17, 15) is 8.42 Å². The van der Waals surface area contributed by atoms with Crippen molar-refractivity contribution < 1.29 is 8.42 Å². The number of nitrogens with two attached hydrogens (primary N) is 1. The van der Waals surface area contributed by atoms with Gasteiger partial charge < -0.3 is 5.73 Å². The molecular formula is C7H9N5O2S3. The number of rotatable bonds is 4. The molecule has 0 saturated carbocycles. The van der Waals surface area contributed by atoms with Crippen molar-refractivity contribution >= 4 is 37.8 Å². The van der Waals surface area contributed by atoms with E-state index in [0.717, 1.165) is 21.2 Å². The number of hydrogen-bond acceptors (Lipinski definition) is 8. The van der Waals surface area contributed by atoms with Crippen LogP contribution in [0.5, 0.6) is 0 Å². The predicted octanol–water partition coefficient (Wildman–Crippen LogP) is 0.364. The van der Waals surface area contributed by atoms with Gasteiger partial charge in [-0.05, 0) is 6.92 Å². The molecule has 0 radical (unpaired) electrons. The fraction of sp³-hybridized carbons (Fsp3) is 0.286. The van der Waals surface area contributed by atoms with Crippen molar-refractivity contribution in [2.45, 2.75) is 17.8 Å². The van der Waals surface area contributed by atoms with Crippen molar-refractivity contribution in [3.8, 4) is 0 Å². The summed E-state index contributed by atoms with van der Waals surface area (Å²) in [6.07, 6.45) is 1.64. The maximum atomic E-state index is 11.8. The van der Waals surface area contributed by atoms with Crippen molar-refractivity contribution in [2.24, 2.45) is 0 Å². The molecule has 2 aromatic rings. The molecule has 10 heteroatoms. The van der Waals surface area contributed by atoms with Crippen molar-refractivity contribution in [3.63, 3.8) is 0 Å². The second-order valence-corrected chi connectivity index (χ2v) is 7.35. The summed E-state index contributed by atoms with van der Waals surface area (Å²) < 4.78 is 25.8. The Morgan fingerprint density at radius 3 is 2.71 bits per heavy atom. The first-order chi connectivity index (χ1) is 7.97. The number of nitrogens with one attached hydrogen (secondary N) is 1. The van der Waals surface area contributed by atoms with Crippen LogP contribution in [0.1, 0.15) is 9.88 Å². The van der Waals surface area contributed by atoms with Gasteiger partial charge in [0, 0.05) is 17.6 Å². The van der Waals surface area contributed by atoms with E-state index in [0.29, 0.717) is 0 Å². The summed E-state index contributed by atoms with van der Waals surface area (Å²) in [4.78, 5) is 4.87. The highest BCUT2D eigenvalue weighted by Crippen LogP contribution is 2.17. The Kier molecular flexibility index (Phi) is 3.38. The number of nitrogens with zero attached hydrogens (tertiary/aromatic N) is 3. The van der Waals surface area contributed by atoms with E-state index in [1.54, 1.807) is 6.20 Å². The number of anilines is 1. The molecule has 2 aromatic heterocycles. The molecule has 0 aliphatic rings.